The monoisotopic (exact) mass is 330 g/mol. The average Bonchev–Trinajstić information content (AvgIpc) is 2.61. The zero-order valence-electron chi connectivity index (χ0n) is 13.6. The van der Waals surface area contributed by atoms with Gasteiger partial charge in [0.25, 0.3) is 5.91 Å². The third-order valence-corrected chi connectivity index (χ3v) is 3.49. The van der Waals surface area contributed by atoms with Crippen LogP contribution in [0.15, 0.2) is 48.5 Å². The SMILES string of the molecule is COc1ccc(O[C@H](C)C(=O)N(C)c2ccccc2)c([N+](=O)[O-])c1. The Bertz CT molecular complexity index is 733. The van der Waals surface area contributed by atoms with Gasteiger partial charge >= 0.3 is 5.69 Å². The van der Waals surface area contributed by atoms with Gasteiger partial charge < -0.3 is 14.4 Å². The van der Waals surface area contributed by atoms with Crippen molar-refractivity contribution in [1.82, 2.24) is 0 Å². The number of anilines is 1. The van der Waals surface area contributed by atoms with E-state index in [1.807, 2.05) is 18.2 Å². The van der Waals surface area contributed by atoms with Crippen LogP contribution in [0.1, 0.15) is 6.92 Å². The average molecular weight is 330 g/mol. The zero-order valence-corrected chi connectivity index (χ0v) is 13.6. The molecule has 0 radical (unpaired) electrons. The van der Waals surface area contributed by atoms with Crippen LogP contribution in [0.2, 0.25) is 0 Å². The minimum Gasteiger partial charge on any atom is -0.496 e. The summed E-state index contributed by atoms with van der Waals surface area (Å²) in [6.07, 6.45) is -0.887. The Labute approximate surface area is 139 Å². The van der Waals surface area contributed by atoms with Crippen molar-refractivity contribution < 1.29 is 19.2 Å². The van der Waals surface area contributed by atoms with E-state index < -0.39 is 11.0 Å². The summed E-state index contributed by atoms with van der Waals surface area (Å²) in [7, 11) is 3.04. The van der Waals surface area contributed by atoms with Gasteiger partial charge in [0.2, 0.25) is 0 Å². The van der Waals surface area contributed by atoms with Gasteiger partial charge in [-0.05, 0) is 31.2 Å². The molecule has 126 valence electrons. The molecule has 0 saturated heterocycles. The fourth-order valence-electron chi connectivity index (χ4n) is 2.16. The summed E-state index contributed by atoms with van der Waals surface area (Å²) in [5, 5.41) is 11.2. The van der Waals surface area contributed by atoms with Crippen LogP contribution < -0.4 is 14.4 Å². The number of nitro benzene ring substituents is 1. The maximum absolute atomic E-state index is 12.5. The Kier molecular flexibility index (Phi) is 5.36. The first-order chi connectivity index (χ1) is 11.4. The third kappa shape index (κ3) is 3.81. The number of para-hydroxylation sites is 1. The summed E-state index contributed by atoms with van der Waals surface area (Å²) in [4.78, 5) is 24.5. The van der Waals surface area contributed by atoms with E-state index in [9.17, 15) is 14.9 Å². The topological polar surface area (TPSA) is 81.9 Å². The highest BCUT2D eigenvalue weighted by atomic mass is 16.6. The number of nitrogens with zero attached hydrogens (tertiary/aromatic N) is 2. The van der Waals surface area contributed by atoms with Gasteiger partial charge in [0.15, 0.2) is 11.9 Å². The summed E-state index contributed by atoms with van der Waals surface area (Å²) in [5.41, 5.74) is 0.457. The summed E-state index contributed by atoms with van der Waals surface area (Å²) in [6.45, 7) is 1.55. The number of carbonyl (C=O) groups is 1. The minimum absolute atomic E-state index is 0.0168. The van der Waals surface area contributed by atoms with E-state index in [-0.39, 0.29) is 17.3 Å². The molecule has 2 rings (SSSR count). The summed E-state index contributed by atoms with van der Waals surface area (Å²) < 4.78 is 10.5. The number of likely N-dealkylation sites (N-methyl/N-ethyl adjacent to an activating group) is 1. The number of hydrogen-bond donors (Lipinski definition) is 0. The largest absolute Gasteiger partial charge is 0.496 e. The highest BCUT2D eigenvalue weighted by Gasteiger charge is 2.24. The smallest absolute Gasteiger partial charge is 0.314 e. The zero-order chi connectivity index (χ0) is 17.7. The second kappa shape index (κ2) is 7.45. The second-order valence-corrected chi connectivity index (χ2v) is 5.08. The first-order valence-corrected chi connectivity index (χ1v) is 7.25. The Morgan fingerprint density at radius 2 is 1.88 bits per heavy atom. The summed E-state index contributed by atoms with van der Waals surface area (Å²) in [5.74, 6) is 0.0452. The second-order valence-electron chi connectivity index (χ2n) is 5.08. The molecule has 2 aromatic rings. The van der Waals surface area contributed by atoms with Gasteiger partial charge in [-0.25, -0.2) is 0 Å². The van der Waals surface area contributed by atoms with Crippen molar-refractivity contribution in [3.63, 3.8) is 0 Å². The molecule has 2 aromatic carbocycles. The van der Waals surface area contributed by atoms with Gasteiger partial charge in [-0.2, -0.15) is 0 Å². The molecule has 7 nitrogen and oxygen atoms in total. The molecule has 0 heterocycles. The number of methoxy groups -OCH3 is 1. The lowest BCUT2D eigenvalue weighted by Crippen LogP contribution is -2.38. The Morgan fingerprint density at radius 1 is 1.21 bits per heavy atom. The quantitative estimate of drug-likeness (QED) is 0.600. The molecule has 0 fully saturated rings. The van der Waals surface area contributed by atoms with Crippen LogP contribution in [0.5, 0.6) is 11.5 Å². The van der Waals surface area contributed by atoms with Crippen molar-refractivity contribution in [2.75, 3.05) is 19.1 Å². The molecular weight excluding hydrogens is 312 g/mol. The standard InChI is InChI=1S/C17H18N2O5/c1-12(17(20)18(2)13-7-5-4-6-8-13)24-16-10-9-14(23-3)11-15(16)19(21)22/h4-12H,1-3H3/t12-/m1/s1. The maximum atomic E-state index is 12.5. The molecule has 0 aliphatic rings. The van der Waals surface area contributed by atoms with Gasteiger partial charge in [0, 0.05) is 12.7 Å². The maximum Gasteiger partial charge on any atom is 0.314 e. The number of ether oxygens (including phenoxy) is 2. The van der Waals surface area contributed by atoms with E-state index in [4.69, 9.17) is 9.47 Å². The van der Waals surface area contributed by atoms with Gasteiger partial charge in [-0.15, -0.1) is 0 Å². The first-order valence-electron chi connectivity index (χ1n) is 7.25. The molecule has 0 N–H and O–H groups in total. The van der Waals surface area contributed by atoms with E-state index in [1.165, 1.54) is 24.1 Å². The molecule has 0 spiro atoms. The summed E-state index contributed by atoms with van der Waals surface area (Å²) in [6, 6.07) is 13.3. The van der Waals surface area contributed by atoms with Crippen molar-refractivity contribution in [3.05, 3.63) is 58.6 Å². The fraction of sp³-hybridized carbons (Fsp3) is 0.235. The number of hydrogen-bond acceptors (Lipinski definition) is 5. The summed E-state index contributed by atoms with van der Waals surface area (Å²) >= 11 is 0. The van der Waals surface area contributed by atoms with Crippen LogP contribution >= 0.6 is 0 Å². The Balaban J connectivity index is 2.18. The van der Waals surface area contributed by atoms with Crippen molar-refractivity contribution >= 4 is 17.3 Å². The van der Waals surface area contributed by atoms with Crippen LogP contribution in [-0.2, 0) is 4.79 Å². The van der Waals surface area contributed by atoms with E-state index in [1.54, 1.807) is 32.2 Å². The highest BCUT2D eigenvalue weighted by Crippen LogP contribution is 2.32. The molecule has 7 heteroatoms. The molecule has 1 atom stereocenters. The van der Waals surface area contributed by atoms with E-state index >= 15 is 0 Å². The lowest BCUT2D eigenvalue weighted by atomic mass is 10.2. The Hall–Kier alpha value is -3.09. The van der Waals surface area contributed by atoms with Crippen molar-refractivity contribution in [2.45, 2.75) is 13.0 Å². The first kappa shape index (κ1) is 17.3. The van der Waals surface area contributed by atoms with E-state index in [0.717, 1.165) is 0 Å². The number of nitro groups is 1. The third-order valence-electron chi connectivity index (χ3n) is 3.49. The fourth-order valence-corrected chi connectivity index (χ4v) is 2.16. The van der Waals surface area contributed by atoms with Crippen LogP contribution in [0.4, 0.5) is 11.4 Å². The van der Waals surface area contributed by atoms with E-state index in [2.05, 4.69) is 0 Å². The molecule has 0 unspecified atom stereocenters. The molecule has 1 amide bonds. The number of amides is 1. The van der Waals surface area contributed by atoms with Crippen LogP contribution in [-0.4, -0.2) is 31.1 Å². The van der Waals surface area contributed by atoms with Gasteiger partial charge in [0.05, 0.1) is 18.1 Å². The predicted molar refractivity (Wildman–Crippen MR) is 89.6 cm³/mol. The van der Waals surface area contributed by atoms with Crippen LogP contribution in [0.25, 0.3) is 0 Å². The molecule has 0 aliphatic carbocycles. The predicted octanol–water partition coefficient (Wildman–Crippen LogP) is 3.03. The molecule has 24 heavy (non-hydrogen) atoms. The molecule has 0 aromatic heterocycles. The highest BCUT2D eigenvalue weighted by molar-refractivity contribution is 5.96. The molecular formula is C17H18N2O5. The van der Waals surface area contributed by atoms with Crippen molar-refractivity contribution in [1.29, 1.82) is 0 Å². The molecule has 0 aliphatic heterocycles. The van der Waals surface area contributed by atoms with Gasteiger partial charge in [-0.3, -0.25) is 14.9 Å². The minimum atomic E-state index is -0.887. The molecule has 0 bridgehead atoms. The lowest BCUT2D eigenvalue weighted by Gasteiger charge is -2.22. The van der Waals surface area contributed by atoms with Gasteiger partial charge in [0.1, 0.15) is 5.75 Å². The van der Waals surface area contributed by atoms with Crippen LogP contribution in [0, 0.1) is 10.1 Å². The van der Waals surface area contributed by atoms with Crippen LogP contribution in [0.3, 0.4) is 0 Å². The number of carbonyl (C=O) groups excluding carboxylic acids is 1. The molecule has 0 saturated carbocycles. The van der Waals surface area contributed by atoms with Crippen molar-refractivity contribution in [2.24, 2.45) is 0 Å². The number of benzene rings is 2. The number of rotatable bonds is 6. The Morgan fingerprint density at radius 3 is 2.46 bits per heavy atom. The van der Waals surface area contributed by atoms with Gasteiger partial charge in [-0.1, -0.05) is 18.2 Å². The van der Waals surface area contributed by atoms with E-state index in [0.29, 0.717) is 11.4 Å². The lowest BCUT2D eigenvalue weighted by molar-refractivity contribution is -0.386. The van der Waals surface area contributed by atoms with Crippen molar-refractivity contribution in [3.8, 4) is 11.5 Å². The normalized spacial score (nSPS) is 11.5.